The molecule has 0 radical (unpaired) electrons. The van der Waals surface area contributed by atoms with E-state index in [1.807, 2.05) is 0 Å². The van der Waals surface area contributed by atoms with Crippen LogP contribution in [0.5, 0.6) is 0 Å². The number of carbonyl (C=O) groups excluding carboxylic acids is 2. The fourth-order valence-electron chi connectivity index (χ4n) is 1.55. The molecule has 0 aliphatic rings. The number of carbonyl (C=O) groups is 2. The molecule has 112 valence electrons. The highest BCUT2D eigenvalue weighted by Crippen LogP contribution is 2.12. The van der Waals surface area contributed by atoms with E-state index in [-0.39, 0.29) is 19.5 Å². The zero-order chi connectivity index (χ0) is 15.0. The Hall–Kier alpha value is -1.86. The minimum atomic E-state index is -1.19. The van der Waals surface area contributed by atoms with E-state index >= 15 is 0 Å². The van der Waals surface area contributed by atoms with Gasteiger partial charge in [0.05, 0.1) is 18.5 Å². The van der Waals surface area contributed by atoms with Crippen LogP contribution >= 0.6 is 0 Å². The fraction of sp³-hybridized carbons (Fsp3) is 0.538. The van der Waals surface area contributed by atoms with Crippen LogP contribution in [0, 0.1) is 0 Å². The molecule has 1 aromatic heterocycles. The standard InChI is InChI=1S/C13H20N2O5/c1-13(18,8-10-4-3-6-20-10)9-15-12(17)11(16)14-5-7-19-2/h3-4,6,18H,5,7-9H2,1-2H3,(H,14,16)(H,15,17). The maximum atomic E-state index is 11.5. The highest BCUT2D eigenvalue weighted by Gasteiger charge is 2.24. The first kappa shape index (κ1) is 16.2. The molecule has 1 atom stereocenters. The number of ether oxygens (including phenoxy) is 1. The van der Waals surface area contributed by atoms with Crippen LogP contribution in [-0.2, 0) is 20.7 Å². The van der Waals surface area contributed by atoms with Crippen LogP contribution in [0.15, 0.2) is 22.8 Å². The van der Waals surface area contributed by atoms with Gasteiger partial charge in [-0.1, -0.05) is 0 Å². The van der Waals surface area contributed by atoms with Crippen molar-refractivity contribution in [3.05, 3.63) is 24.2 Å². The van der Waals surface area contributed by atoms with Gasteiger partial charge in [0.15, 0.2) is 0 Å². The quantitative estimate of drug-likeness (QED) is 0.461. The van der Waals surface area contributed by atoms with Crippen LogP contribution in [0.4, 0.5) is 0 Å². The second kappa shape index (κ2) is 7.66. The zero-order valence-electron chi connectivity index (χ0n) is 11.6. The third-order valence-corrected chi connectivity index (χ3v) is 2.56. The average Bonchev–Trinajstić information content (AvgIpc) is 2.88. The molecule has 7 nitrogen and oxygen atoms in total. The molecule has 0 spiro atoms. The third-order valence-electron chi connectivity index (χ3n) is 2.56. The first-order valence-corrected chi connectivity index (χ1v) is 6.24. The number of rotatable bonds is 7. The van der Waals surface area contributed by atoms with Crippen LogP contribution in [0.1, 0.15) is 12.7 Å². The van der Waals surface area contributed by atoms with Crippen molar-refractivity contribution < 1.29 is 23.8 Å². The van der Waals surface area contributed by atoms with Crippen LogP contribution < -0.4 is 10.6 Å². The molecule has 0 saturated heterocycles. The van der Waals surface area contributed by atoms with Crippen LogP contribution in [0.3, 0.4) is 0 Å². The van der Waals surface area contributed by atoms with Crippen LogP contribution in [-0.4, -0.2) is 49.3 Å². The van der Waals surface area contributed by atoms with Crippen molar-refractivity contribution >= 4 is 11.8 Å². The van der Waals surface area contributed by atoms with Crippen molar-refractivity contribution in [1.82, 2.24) is 10.6 Å². The van der Waals surface area contributed by atoms with Crippen molar-refractivity contribution in [3.63, 3.8) is 0 Å². The van der Waals surface area contributed by atoms with Gasteiger partial charge in [0.2, 0.25) is 0 Å². The Bertz CT molecular complexity index is 428. The maximum absolute atomic E-state index is 11.5. The van der Waals surface area contributed by atoms with E-state index in [9.17, 15) is 14.7 Å². The molecule has 0 aliphatic heterocycles. The minimum absolute atomic E-state index is 0.0514. The molecule has 7 heteroatoms. The topological polar surface area (TPSA) is 101 Å². The van der Waals surface area contributed by atoms with Gasteiger partial charge < -0.3 is 24.9 Å². The first-order valence-electron chi connectivity index (χ1n) is 6.24. The van der Waals surface area contributed by atoms with Gasteiger partial charge in [-0.25, -0.2) is 0 Å². The minimum Gasteiger partial charge on any atom is -0.469 e. The highest BCUT2D eigenvalue weighted by molar-refractivity contribution is 6.35. The fourth-order valence-corrected chi connectivity index (χ4v) is 1.55. The second-order valence-electron chi connectivity index (χ2n) is 4.68. The monoisotopic (exact) mass is 284 g/mol. The molecule has 1 unspecified atom stereocenters. The summed E-state index contributed by atoms with van der Waals surface area (Å²) in [5.74, 6) is -0.939. The van der Waals surface area contributed by atoms with Gasteiger partial charge in [0.25, 0.3) is 0 Å². The molecule has 0 bridgehead atoms. The summed E-state index contributed by atoms with van der Waals surface area (Å²) in [6.45, 7) is 2.09. The van der Waals surface area contributed by atoms with E-state index in [0.717, 1.165) is 0 Å². The van der Waals surface area contributed by atoms with Crippen molar-refractivity contribution in [2.75, 3.05) is 26.8 Å². The van der Waals surface area contributed by atoms with E-state index in [0.29, 0.717) is 12.4 Å². The van der Waals surface area contributed by atoms with Gasteiger partial charge in [-0.2, -0.15) is 0 Å². The predicted octanol–water partition coefficient (Wildman–Crippen LogP) is -0.548. The number of aliphatic hydroxyl groups is 1. The molecular formula is C13H20N2O5. The Morgan fingerprint density at radius 3 is 2.70 bits per heavy atom. The van der Waals surface area contributed by atoms with Gasteiger partial charge in [0.1, 0.15) is 5.76 Å². The van der Waals surface area contributed by atoms with Gasteiger partial charge in [-0.15, -0.1) is 0 Å². The Balaban J connectivity index is 2.33. The molecule has 0 aromatic carbocycles. The van der Waals surface area contributed by atoms with Crippen molar-refractivity contribution in [2.45, 2.75) is 18.9 Å². The Morgan fingerprint density at radius 2 is 2.10 bits per heavy atom. The van der Waals surface area contributed by atoms with E-state index < -0.39 is 17.4 Å². The Labute approximate surface area is 117 Å². The molecule has 3 N–H and O–H groups in total. The molecule has 0 aliphatic carbocycles. The summed E-state index contributed by atoms with van der Waals surface area (Å²) in [6, 6.07) is 3.45. The molecule has 2 amide bonds. The van der Waals surface area contributed by atoms with E-state index in [1.165, 1.54) is 13.4 Å². The highest BCUT2D eigenvalue weighted by atomic mass is 16.5. The lowest BCUT2D eigenvalue weighted by molar-refractivity contribution is -0.139. The average molecular weight is 284 g/mol. The lowest BCUT2D eigenvalue weighted by Gasteiger charge is -2.22. The molecule has 1 heterocycles. The Kier molecular flexibility index (Phi) is 6.20. The lowest BCUT2D eigenvalue weighted by atomic mass is 10.0. The number of furan rings is 1. The van der Waals surface area contributed by atoms with Gasteiger partial charge in [0, 0.05) is 26.6 Å². The second-order valence-corrected chi connectivity index (χ2v) is 4.68. The Morgan fingerprint density at radius 1 is 1.40 bits per heavy atom. The normalized spacial score (nSPS) is 13.6. The van der Waals surface area contributed by atoms with Gasteiger partial charge >= 0.3 is 11.8 Å². The summed E-state index contributed by atoms with van der Waals surface area (Å²) >= 11 is 0. The number of hydrogen-bond donors (Lipinski definition) is 3. The maximum Gasteiger partial charge on any atom is 0.309 e. The van der Waals surface area contributed by atoms with Crippen LogP contribution in [0.25, 0.3) is 0 Å². The van der Waals surface area contributed by atoms with Gasteiger partial charge in [-0.3, -0.25) is 9.59 Å². The number of hydrogen-bond acceptors (Lipinski definition) is 5. The molecule has 20 heavy (non-hydrogen) atoms. The molecule has 0 saturated carbocycles. The van der Waals surface area contributed by atoms with E-state index in [2.05, 4.69) is 10.6 Å². The number of amides is 2. The van der Waals surface area contributed by atoms with Gasteiger partial charge in [-0.05, 0) is 19.1 Å². The summed E-state index contributed by atoms with van der Waals surface area (Å²) in [4.78, 5) is 22.9. The van der Waals surface area contributed by atoms with Crippen LogP contribution in [0.2, 0.25) is 0 Å². The molecule has 1 aromatic rings. The number of nitrogens with one attached hydrogen (secondary N) is 2. The van der Waals surface area contributed by atoms with E-state index in [4.69, 9.17) is 9.15 Å². The zero-order valence-corrected chi connectivity index (χ0v) is 11.6. The number of methoxy groups -OCH3 is 1. The van der Waals surface area contributed by atoms with Crippen molar-refractivity contribution in [1.29, 1.82) is 0 Å². The summed E-state index contributed by atoms with van der Waals surface area (Å²) in [7, 11) is 1.50. The summed E-state index contributed by atoms with van der Waals surface area (Å²) in [6.07, 6.45) is 1.75. The van der Waals surface area contributed by atoms with Crippen molar-refractivity contribution in [2.24, 2.45) is 0 Å². The molecule has 0 fully saturated rings. The summed E-state index contributed by atoms with van der Waals surface area (Å²) in [5.41, 5.74) is -1.19. The first-order chi connectivity index (χ1) is 9.44. The van der Waals surface area contributed by atoms with E-state index in [1.54, 1.807) is 19.1 Å². The molecule has 1 rings (SSSR count). The summed E-state index contributed by atoms with van der Waals surface area (Å²) in [5, 5.41) is 14.9. The predicted molar refractivity (Wildman–Crippen MR) is 70.9 cm³/mol. The smallest absolute Gasteiger partial charge is 0.309 e. The largest absolute Gasteiger partial charge is 0.469 e. The van der Waals surface area contributed by atoms with Crippen molar-refractivity contribution in [3.8, 4) is 0 Å². The molecular weight excluding hydrogens is 264 g/mol. The SMILES string of the molecule is COCCNC(=O)C(=O)NCC(C)(O)Cc1ccco1. The third kappa shape index (κ3) is 5.85. The summed E-state index contributed by atoms with van der Waals surface area (Å²) < 4.78 is 9.87. The lowest BCUT2D eigenvalue weighted by Crippen LogP contribution is -2.47.